The lowest BCUT2D eigenvalue weighted by molar-refractivity contribution is -0.143. The molecule has 0 radical (unpaired) electrons. The van der Waals surface area contributed by atoms with E-state index in [0.29, 0.717) is 12.1 Å². The molecule has 1 aliphatic rings. The van der Waals surface area contributed by atoms with Crippen molar-refractivity contribution < 1.29 is 14.0 Å². The summed E-state index contributed by atoms with van der Waals surface area (Å²) in [5.41, 5.74) is 1.57. The fourth-order valence-electron chi connectivity index (χ4n) is 2.01. The Kier molecular flexibility index (Phi) is 2.68. The van der Waals surface area contributed by atoms with Crippen LogP contribution in [0.1, 0.15) is 11.3 Å². The fraction of sp³-hybridized carbons (Fsp3) is 0.143. The van der Waals surface area contributed by atoms with E-state index < -0.39 is 5.92 Å². The number of benzene rings is 1. The van der Waals surface area contributed by atoms with E-state index >= 15 is 0 Å². The minimum Gasteiger partial charge on any atom is -0.469 e. The van der Waals surface area contributed by atoms with Crippen LogP contribution in [0, 0.1) is 5.92 Å². The average Bonchev–Trinajstić information content (AvgIpc) is 3.03. The Labute approximate surface area is 104 Å². The molecule has 1 aromatic carbocycles. The van der Waals surface area contributed by atoms with Crippen LogP contribution in [0.15, 0.2) is 58.3 Å². The molecule has 2 heterocycles. The maximum absolute atomic E-state index is 11.7. The van der Waals surface area contributed by atoms with Crippen LogP contribution in [0.5, 0.6) is 0 Å². The van der Waals surface area contributed by atoms with Gasteiger partial charge in [-0.2, -0.15) is 0 Å². The first kappa shape index (κ1) is 10.8. The van der Waals surface area contributed by atoms with Crippen LogP contribution in [0.4, 0.5) is 0 Å². The zero-order valence-electron chi connectivity index (χ0n) is 9.58. The van der Waals surface area contributed by atoms with Crippen molar-refractivity contribution in [2.24, 2.45) is 11.1 Å². The van der Waals surface area contributed by atoms with Crippen LogP contribution < -0.4 is 0 Å². The largest absolute Gasteiger partial charge is 0.469 e. The first-order valence-corrected chi connectivity index (χ1v) is 5.71. The Balaban J connectivity index is 1.88. The van der Waals surface area contributed by atoms with Crippen LogP contribution >= 0.6 is 0 Å². The third-order valence-corrected chi connectivity index (χ3v) is 2.90. The molecular weight excluding hydrogens is 230 g/mol. The molecule has 2 aromatic rings. The van der Waals surface area contributed by atoms with Crippen LogP contribution in [-0.2, 0) is 16.1 Å². The van der Waals surface area contributed by atoms with Crippen molar-refractivity contribution in [2.75, 3.05) is 0 Å². The van der Waals surface area contributed by atoms with Gasteiger partial charge in [0.1, 0.15) is 17.4 Å². The Morgan fingerprint density at radius 2 is 1.94 bits per heavy atom. The van der Waals surface area contributed by atoms with Gasteiger partial charge in [-0.1, -0.05) is 35.5 Å². The van der Waals surface area contributed by atoms with Crippen molar-refractivity contribution in [3.05, 3.63) is 60.1 Å². The average molecular weight is 241 g/mol. The molecule has 0 aliphatic carbocycles. The van der Waals surface area contributed by atoms with Gasteiger partial charge in [-0.3, -0.25) is 0 Å². The van der Waals surface area contributed by atoms with Gasteiger partial charge in [0.15, 0.2) is 0 Å². The van der Waals surface area contributed by atoms with E-state index in [0.717, 1.165) is 11.3 Å². The minimum atomic E-state index is -0.390. The highest BCUT2D eigenvalue weighted by Crippen LogP contribution is 2.22. The van der Waals surface area contributed by atoms with Crippen LogP contribution in [-0.4, -0.2) is 11.7 Å². The maximum atomic E-state index is 11.7. The first-order chi connectivity index (χ1) is 8.84. The van der Waals surface area contributed by atoms with E-state index in [1.807, 2.05) is 36.4 Å². The van der Waals surface area contributed by atoms with E-state index in [2.05, 4.69) is 5.16 Å². The third-order valence-electron chi connectivity index (χ3n) is 2.90. The number of rotatable bonds is 3. The second kappa shape index (κ2) is 4.49. The highest BCUT2D eigenvalue weighted by atomic mass is 16.7. The van der Waals surface area contributed by atoms with E-state index in [1.54, 1.807) is 12.3 Å². The number of carbonyl (C=O) groups is 1. The van der Waals surface area contributed by atoms with Gasteiger partial charge >= 0.3 is 5.97 Å². The molecular formula is C14H11NO3. The van der Waals surface area contributed by atoms with Crippen molar-refractivity contribution in [3.8, 4) is 0 Å². The van der Waals surface area contributed by atoms with Gasteiger partial charge in [-0.05, 0) is 12.1 Å². The fourth-order valence-corrected chi connectivity index (χ4v) is 2.01. The molecule has 3 rings (SSSR count). The molecule has 18 heavy (non-hydrogen) atoms. The zero-order chi connectivity index (χ0) is 12.4. The third kappa shape index (κ3) is 1.93. The normalized spacial score (nSPS) is 18.6. The number of furan rings is 1. The summed E-state index contributed by atoms with van der Waals surface area (Å²) in [6.07, 6.45) is 2.06. The van der Waals surface area contributed by atoms with E-state index in [4.69, 9.17) is 9.25 Å². The summed E-state index contributed by atoms with van der Waals surface area (Å²) in [6.45, 7) is 0. The lowest BCUT2D eigenvalue weighted by Crippen LogP contribution is -2.21. The molecule has 4 heteroatoms. The molecule has 90 valence electrons. The zero-order valence-corrected chi connectivity index (χ0v) is 9.58. The lowest BCUT2D eigenvalue weighted by Gasteiger charge is -2.07. The standard InChI is InChI=1S/C14H11NO3/c16-14-12(9-11-7-4-8-17-11)13(15-18-14)10-5-2-1-3-6-10/h1-8,12H,9H2. The van der Waals surface area contributed by atoms with E-state index in [-0.39, 0.29) is 5.97 Å². The minimum absolute atomic E-state index is 0.328. The highest BCUT2D eigenvalue weighted by Gasteiger charge is 2.34. The molecule has 0 spiro atoms. The smallest absolute Gasteiger partial charge is 0.344 e. The van der Waals surface area contributed by atoms with Gasteiger partial charge in [0.05, 0.1) is 6.26 Å². The number of carbonyl (C=O) groups excluding carboxylic acids is 1. The topological polar surface area (TPSA) is 51.8 Å². The van der Waals surface area contributed by atoms with Gasteiger partial charge in [-0.25, -0.2) is 4.79 Å². The van der Waals surface area contributed by atoms with Crippen LogP contribution in [0.3, 0.4) is 0 Å². The van der Waals surface area contributed by atoms with Crippen molar-refractivity contribution >= 4 is 11.7 Å². The molecule has 0 saturated carbocycles. The van der Waals surface area contributed by atoms with E-state index in [1.165, 1.54) is 0 Å². The molecule has 0 saturated heterocycles. The van der Waals surface area contributed by atoms with Crippen molar-refractivity contribution in [1.82, 2.24) is 0 Å². The summed E-state index contributed by atoms with van der Waals surface area (Å²) < 4.78 is 5.27. The maximum Gasteiger partial charge on any atom is 0.344 e. The molecule has 1 aliphatic heterocycles. The number of nitrogens with zero attached hydrogens (tertiary/aromatic N) is 1. The number of hydrogen-bond donors (Lipinski definition) is 0. The van der Waals surface area contributed by atoms with Crippen molar-refractivity contribution in [1.29, 1.82) is 0 Å². The number of oxime groups is 1. The second-order valence-electron chi connectivity index (χ2n) is 4.09. The van der Waals surface area contributed by atoms with Gasteiger partial charge < -0.3 is 9.25 Å². The van der Waals surface area contributed by atoms with Gasteiger partial charge in [-0.15, -0.1) is 0 Å². The Hall–Kier alpha value is -2.36. The summed E-state index contributed by atoms with van der Waals surface area (Å²) in [6, 6.07) is 13.2. The molecule has 1 atom stereocenters. The first-order valence-electron chi connectivity index (χ1n) is 5.71. The SMILES string of the molecule is O=C1ON=C(c2ccccc2)C1Cc1ccco1. The summed E-state index contributed by atoms with van der Waals surface area (Å²) in [5, 5.41) is 3.87. The second-order valence-corrected chi connectivity index (χ2v) is 4.09. The Morgan fingerprint density at radius 3 is 2.67 bits per heavy atom. The summed E-state index contributed by atoms with van der Waals surface area (Å²) >= 11 is 0. The Bertz CT molecular complexity index is 572. The summed E-state index contributed by atoms with van der Waals surface area (Å²) in [7, 11) is 0. The summed E-state index contributed by atoms with van der Waals surface area (Å²) in [5.74, 6) is 0.0336. The Morgan fingerprint density at radius 1 is 1.11 bits per heavy atom. The quantitative estimate of drug-likeness (QED) is 0.775. The monoisotopic (exact) mass is 241 g/mol. The van der Waals surface area contributed by atoms with Crippen LogP contribution in [0.2, 0.25) is 0 Å². The molecule has 0 bridgehead atoms. The lowest BCUT2D eigenvalue weighted by atomic mass is 9.93. The van der Waals surface area contributed by atoms with Crippen molar-refractivity contribution in [3.63, 3.8) is 0 Å². The molecule has 0 N–H and O–H groups in total. The predicted octanol–water partition coefficient (Wildman–Crippen LogP) is 2.40. The molecule has 4 nitrogen and oxygen atoms in total. The number of hydrogen-bond acceptors (Lipinski definition) is 4. The predicted molar refractivity (Wildman–Crippen MR) is 65.0 cm³/mol. The summed E-state index contributed by atoms with van der Waals surface area (Å²) in [4.78, 5) is 16.5. The molecule has 1 unspecified atom stereocenters. The van der Waals surface area contributed by atoms with Crippen LogP contribution in [0.25, 0.3) is 0 Å². The molecule has 1 aromatic heterocycles. The van der Waals surface area contributed by atoms with Gasteiger partial charge in [0.25, 0.3) is 0 Å². The molecule has 0 amide bonds. The van der Waals surface area contributed by atoms with Gasteiger partial charge in [0, 0.05) is 12.0 Å². The van der Waals surface area contributed by atoms with Crippen molar-refractivity contribution in [2.45, 2.75) is 6.42 Å². The van der Waals surface area contributed by atoms with Gasteiger partial charge in [0.2, 0.25) is 0 Å². The van der Waals surface area contributed by atoms with E-state index in [9.17, 15) is 4.79 Å². The highest BCUT2D eigenvalue weighted by molar-refractivity contribution is 6.14. The molecule has 0 fully saturated rings.